The first-order valence-electron chi connectivity index (χ1n) is 11.6. The van der Waals surface area contributed by atoms with E-state index in [-0.39, 0.29) is 5.91 Å². The fourth-order valence-corrected chi connectivity index (χ4v) is 4.71. The van der Waals surface area contributed by atoms with Crippen LogP contribution >= 0.6 is 11.5 Å². The summed E-state index contributed by atoms with van der Waals surface area (Å²) in [6, 6.07) is 8.06. The van der Waals surface area contributed by atoms with Crippen LogP contribution in [-0.4, -0.2) is 42.0 Å². The molecule has 1 aromatic heterocycles. The van der Waals surface area contributed by atoms with Crippen molar-refractivity contribution in [3.8, 4) is 5.75 Å². The van der Waals surface area contributed by atoms with Gasteiger partial charge in [-0.05, 0) is 42.9 Å². The molecule has 6 nitrogen and oxygen atoms in total. The number of aromatic nitrogens is 2. The number of amides is 1. The van der Waals surface area contributed by atoms with Gasteiger partial charge in [0.15, 0.2) is 0 Å². The molecule has 1 aliphatic rings. The van der Waals surface area contributed by atoms with Crippen LogP contribution in [0, 0.1) is 5.92 Å². The van der Waals surface area contributed by atoms with Gasteiger partial charge in [-0.3, -0.25) is 4.79 Å². The van der Waals surface area contributed by atoms with Crippen LogP contribution in [0.15, 0.2) is 24.3 Å². The lowest BCUT2D eigenvalue weighted by Crippen LogP contribution is -2.38. The Bertz CT molecular complexity index is 802. The maximum absolute atomic E-state index is 12.1. The maximum Gasteiger partial charge on any atom is 0.220 e. The van der Waals surface area contributed by atoms with Crippen molar-refractivity contribution >= 4 is 22.6 Å². The van der Waals surface area contributed by atoms with Crippen molar-refractivity contribution in [2.24, 2.45) is 5.92 Å². The van der Waals surface area contributed by atoms with Crippen LogP contribution in [0.5, 0.6) is 5.75 Å². The minimum absolute atomic E-state index is 0.213. The van der Waals surface area contributed by atoms with Crippen LogP contribution in [0.4, 0.5) is 5.13 Å². The van der Waals surface area contributed by atoms with E-state index in [1.165, 1.54) is 37.2 Å². The summed E-state index contributed by atoms with van der Waals surface area (Å²) in [4.78, 5) is 19.1. The molecule has 0 atom stereocenters. The Morgan fingerprint density at radius 2 is 2.03 bits per heavy atom. The summed E-state index contributed by atoms with van der Waals surface area (Å²) in [7, 11) is 1.68. The van der Waals surface area contributed by atoms with Gasteiger partial charge in [-0.25, -0.2) is 4.98 Å². The minimum atomic E-state index is 0.213. The van der Waals surface area contributed by atoms with Gasteiger partial charge in [-0.1, -0.05) is 44.7 Å². The molecule has 31 heavy (non-hydrogen) atoms. The number of nitrogens with one attached hydrogen (secondary N) is 1. The molecule has 1 fully saturated rings. The van der Waals surface area contributed by atoms with E-state index in [2.05, 4.69) is 27.6 Å². The molecule has 0 aliphatic carbocycles. The van der Waals surface area contributed by atoms with E-state index in [9.17, 15) is 4.79 Å². The third kappa shape index (κ3) is 7.80. The summed E-state index contributed by atoms with van der Waals surface area (Å²) < 4.78 is 9.86. The lowest BCUT2D eigenvalue weighted by atomic mass is 9.97. The topological polar surface area (TPSA) is 67.4 Å². The minimum Gasteiger partial charge on any atom is -0.497 e. The van der Waals surface area contributed by atoms with E-state index in [1.54, 1.807) is 7.11 Å². The van der Waals surface area contributed by atoms with Gasteiger partial charge in [-0.15, -0.1) is 0 Å². The van der Waals surface area contributed by atoms with Crippen LogP contribution in [0.25, 0.3) is 0 Å². The van der Waals surface area contributed by atoms with E-state index in [0.717, 1.165) is 61.2 Å². The molecule has 1 aliphatic heterocycles. The number of nitrogens with zero attached hydrogens (tertiary/aromatic N) is 3. The van der Waals surface area contributed by atoms with Gasteiger partial charge in [0.05, 0.1) is 7.11 Å². The molecule has 7 heteroatoms. The number of piperidine rings is 1. The predicted octanol–water partition coefficient (Wildman–Crippen LogP) is 4.83. The molecule has 0 bridgehead atoms. The number of anilines is 1. The van der Waals surface area contributed by atoms with Crippen molar-refractivity contribution in [3.63, 3.8) is 0 Å². The maximum atomic E-state index is 12.1. The summed E-state index contributed by atoms with van der Waals surface area (Å²) in [5, 5.41) is 4.15. The average molecular weight is 445 g/mol. The highest BCUT2D eigenvalue weighted by atomic mass is 32.1. The van der Waals surface area contributed by atoms with Crippen molar-refractivity contribution in [3.05, 3.63) is 35.7 Å². The van der Waals surface area contributed by atoms with Crippen LogP contribution in [0.1, 0.15) is 69.7 Å². The van der Waals surface area contributed by atoms with Crippen molar-refractivity contribution in [2.45, 2.75) is 64.7 Å². The van der Waals surface area contributed by atoms with Crippen LogP contribution in [0.2, 0.25) is 0 Å². The molecular weight excluding hydrogens is 408 g/mol. The largest absolute Gasteiger partial charge is 0.497 e. The number of hydrogen-bond donors (Lipinski definition) is 1. The number of methoxy groups -OCH3 is 1. The summed E-state index contributed by atoms with van der Waals surface area (Å²) in [5.41, 5.74) is 1.16. The zero-order valence-corrected chi connectivity index (χ0v) is 19.8. The lowest BCUT2D eigenvalue weighted by molar-refractivity contribution is -0.121. The SMILES string of the molecule is CCCCCCCC(=O)NCC1CCN(c2nc(Cc3cccc(OC)c3)ns2)CC1. The summed E-state index contributed by atoms with van der Waals surface area (Å²) in [5.74, 6) is 2.50. The van der Waals surface area contributed by atoms with Crippen molar-refractivity contribution in [2.75, 3.05) is 31.6 Å². The summed E-state index contributed by atoms with van der Waals surface area (Å²) in [6.07, 6.45) is 9.50. The van der Waals surface area contributed by atoms with E-state index >= 15 is 0 Å². The molecule has 1 N–H and O–H groups in total. The van der Waals surface area contributed by atoms with Crippen LogP contribution in [-0.2, 0) is 11.2 Å². The van der Waals surface area contributed by atoms with Crippen molar-refractivity contribution < 1.29 is 9.53 Å². The normalized spacial score (nSPS) is 14.6. The third-order valence-corrected chi connectivity index (χ3v) is 6.75. The number of ether oxygens (including phenoxy) is 1. The number of carbonyl (C=O) groups excluding carboxylic acids is 1. The summed E-state index contributed by atoms with van der Waals surface area (Å²) in [6.45, 7) is 4.97. The van der Waals surface area contributed by atoms with E-state index in [1.807, 2.05) is 18.2 Å². The highest BCUT2D eigenvalue weighted by Gasteiger charge is 2.22. The first-order chi connectivity index (χ1) is 15.2. The molecule has 1 aromatic carbocycles. The molecule has 0 spiro atoms. The molecule has 1 amide bonds. The average Bonchev–Trinajstić information content (AvgIpc) is 3.26. The van der Waals surface area contributed by atoms with E-state index in [4.69, 9.17) is 9.72 Å². The Hall–Kier alpha value is -2.15. The number of hydrogen-bond acceptors (Lipinski definition) is 6. The highest BCUT2D eigenvalue weighted by molar-refractivity contribution is 7.09. The van der Waals surface area contributed by atoms with E-state index in [0.29, 0.717) is 18.8 Å². The summed E-state index contributed by atoms with van der Waals surface area (Å²) >= 11 is 1.48. The number of benzene rings is 1. The monoisotopic (exact) mass is 444 g/mol. The van der Waals surface area contributed by atoms with Gasteiger partial charge in [0.25, 0.3) is 0 Å². The standard InChI is InChI=1S/C24H36N4O2S/c1-3-4-5-6-7-11-23(29)25-18-19-12-14-28(15-13-19)24-26-22(27-31-24)17-20-9-8-10-21(16-20)30-2/h8-10,16,19H,3-7,11-15,17-18H2,1-2H3,(H,25,29). The lowest BCUT2D eigenvalue weighted by Gasteiger charge is -2.31. The first kappa shape index (κ1) is 23.5. The second-order valence-corrected chi connectivity index (χ2v) is 9.15. The Kier molecular flexibility index (Phi) is 9.59. The molecule has 3 rings (SSSR count). The predicted molar refractivity (Wildman–Crippen MR) is 127 cm³/mol. The molecule has 0 radical (unpaired) electrons. The number of rotatable bonds is 12. The number of unbranched alkanes of at least 4 members (excludes halogenated alkanes) is 4. The Morgan fingerprint density at radius 1 is 1.23 bits per heavy atom. The molecule has 2 aromatic rings. The Labute approximate surface area is 190 Å². The molecule has 0 saturated carbocycles. The molecule has 0 unspecified atom stereocenters. The first-order valence-corrected chi connectivity index (χ1v) is 12.4. The fraction of sp³-hybridized carbons (Fsp3) is 0.625. The Morgan fingerprint density at radius 3 is 2.81 bits per heavy atom. The number of carbonyl (C=O) groups is 1. The van der Waals surface area contributed by atoms with E-state index < -0.39 is 0 Å². The van der Waals surface area contributed by atoms with Gasteiger partial charge < -0.3 is 15.0 Å². The quantitative estimate of drug-likeness (QED) is 0.475. The highest BCUT2D eigenvalue weighted by Crippen LogP contribution is 2.25. The fourth-order valence-electron chi connectivity index (χ4n) is 3.97. The van der Waals surface area contributed by atoms with Crippen LogP contribution in [0.3, 0.4) is 0 Å². The van der Waals surface area contributed by atoms with Gasteiger partial charge in [0.2, 0.25) is 11.0 Å². The van der Waals surface area contributed by atoms with Gasteiger partial charge in [-0.2, -0.15) is 4.37 Å². The van der Waals surface area contributed by atoms with Gasteiger partial charge in [0.1, 0.15) is 11.6 Å². The second-order valence-electron chi connectivity index (χ2n) is 8.42. The molecule has 1 saturated heterocycles. The Balaban J connectivity index is 1.36. The molecule has 170 valence electrons. The van der Waals surface area contributed by atoms with Crippen molar-refractivity contribution in [1.29, 1.82) is 0 Å². The van der Waals surface area contributed by atoms with Gasteiger partial charge in [0, 0.05) is 44.0 Å². The second kappa shape index (κ2) is 12.6. The van der Waals surface area contributed by atoms with Gasteiger partial charge >= 0.3 is 0 Å². The smallest absolute Gasteiger partial charge is 0.220 e. The third-order valence-electron chi connectivity index (χ3n) is 5.93. The zero-order valence-electron chi connectivity index (χ0n) is 18.9. The van der Waals surface area contributed by atoms with Crippen molar-refractivity contribution in [1.82, 2.24) is 14.7 Å². The molecular formula is C24H36N4O2S. The zero-order chi connectivity index (χ0) is 21.9. The van der Waals surface area contributed by atoms with Crippen LogP contribution < -0.4 is 15.0 Å². The molecule has 2 heterocycles.